The number of methoxy groups -OCH3 is 1. The first kappa shape index (κ1) is 23.7. The van der Waals surface area contributed by atoms with Crippen LogP contribution in [0.5, 0.6) is 0 Å². The Hall–Kier alpha value is -2.45. The summed E-state index contributed by atoms with van der Waals surface area (Å²) in [6.07, 6.45) is 4.97. The third kappa shape index (κ3) is 5.22. The van der Waals surface area contributed by atoms with Crippen molar-refractivity contribution in [2.75, 3.05) is 33.4 Å². The van der Waals surface area contributed by atoms with Crippen LogP contribution in [0.1, 0.15) is 55.1 Å². The van der Waals surface area contributed by atoms with Crippen molar-refractivity contribution < 1.29 is 18.7 Å². The number of likely N-dealkylation sites (tertiary alicyclic amines) is 1. The highest BCUT2D eigenvalue weighted by molar-refractivity contribution is 5.99. The van der Waals surface area contributed by atoms with Crippen LogP contribution in [-0.2, 0) is 9.53 Å². The molecule has 0 bridgehead atoms. The van der Waals surface area contributed by atoms with Gasteiger partial charge in [-0.15, -0.1) is 0 Å². The van der Waals surface area contributed by atoms with Gasteiger partial charge in [-0.3, -0.25) is 14.5 Å². The molecular formula is C25H35FN4O3. The highest BCUT2D eigenvalue weighted by Crippen LogP contribution is 2.28. The van der Waals surface area contributed by atoms with Gasteiger partial charge in [-0.2, -0.15) is 0 Å². The maximum Gasteiger partial charge on any atom is 0.267 e. The zero-order valence-corrected chi connectivity index (χ0v) is 19.8. The maximum absolute atomic E-state index is 14.1. The van der Waals surface area contributed by atoms with Crippen molar-refractivity contribution in [1.29, 1.82) is 0 Å². The minimum absolute atomic E-state index is 0.0880. The lowest BCUT2D eigenvalue weighted by atomic mass is 9.90. The smallest absolute Gasteiger partial charge is 0.267 e. The predicted molar refractivity (Wildman–Crippen MR) is 126 cm³/mol. The summed E-state index contributed by atoms with van der Waals surface area (Å²) < 4.78 is 19.3. The second-order valence-corrected chi connectivity index (χ2v) is 9.47. The second-order valence-electron chi connectivity index (χ2n) is 9.47. The number of nitrogens with one attached hydrogen (secondary N) is 2. The van der Waals surface area contributed by atoms with Crippen molar-refractivity contribution in [1.82, 2.24) is 20.1 Å². The van der Waals surface area contributed by atoms with E-state index in [4.69, 9.17) is 4.74 Å². The molecule has 3 atom stereocenters. The summed E-state index contributed by atoms with van der Waals surface area (Å²) in [6.45, 7) is 6.53. The number of hydrogen-bond donors (Lipinski definition) is 2. The zero-order valence-electron chi connectivity index (χ0n) is 19.8. The molecule has 180 valence electrons. The summed E-state index contributed by atoms with van der Waals surface area (Å²) >= 11 is 0. The molecule has 2 fully saturated rings. The van der Waals surface area contributed by atoms with Crippen molar-refractivity contribution in [3.05, 3.63) is 35.3 Å². The van der Waals surface area contributed by atoms with Crippen LogP contribution in [0.15, 0.2) is 18.2 Å². The molecule has 2 aliphatic rings. The number of ether oxygens (including phenoxy) is 1. The standard InChI is InChI=1S/C25H35FN4O3/c1-16-7-8-22(26)21-14-23(28-24(16)21)25(32)27-18-5-4-6-19(13-18)29-10-9-20(15-29)30(17(2)31)11-12-33-3/h7-8,14,18-20,28H,4-6,9-13,15H2,1-3H3,(H,27,32)/t18-,19-,20?/m1/s1. The molecule has 8 heteroatoms. The number of rotatable bonds is 7. The number of aryl methyl sites for hydroxylation is 1. The topological polar surface area (TPSA) is 77.7 Å². The van der Waals surface area contributed by atoms with Gasteiger partial charge in [-0.1, -0.05) is 6.07 Å². The van der Waals surface area contributed by atoms with E-state index in [1.807, 2.05) is 11.8 Å². The van der Waals surface area contributed by atoms with Crippen molar-refractivity contribution in [2.45, 2.75) is 64.1 Å². The summed E-state index contributed by atoms with van der Waals surface area (Å²) in [4.78, 5) is 32.5. The van der Waals surface area contributed by atoms with Crippen molar-refractivity contribution in [3.63, 3.8) is 0 Å². The van der Waals surface area contributed by atoms with Gasteiger partial charge in [0.05, 0.1) is 12.1 Å². The summed E-state index contributed by atoms with van der Waals surface area (Å²) in [6, 6.07) is 5.46. The molecule has 7 nitrogen and oxygen atoms in total. The number of carbonyl (C=O) groups is 2. The highest BCUT2D eigenvalue weighted by Gasteiger charge is 2.35. The van der Waals surface area contributed by atoms with Gasteiger partial charge in [0, 0.05) is 57.2 Å². The van der Waals surface area contributed by atoms with Crippen LogP contribution >= 0.6 is 0 Å². The molecule has 1 unspecified atom stereocenters. The number of amides is 2. The van der Waals surface area contributed by atoms with Gasteiger partial charge < -0.3 is 19.9 Å². The number of aromatic nitrogens is 1. The molecule has 2 amide bonds. The third-order valence-corrected chi connectivity index (χ3v) is 7.27. The molecule has 4 rings (SSSR count). The van der Waals surface area contributed by atoms with Crippen molar-refractivity contribution in [3.8, 4) is 0 Å². The summed E-state index contributed by atoms with van der Waals surface area (Å²) in [5, 5.41) is 3.62. The van der Waals surface area contributed by atoms with E-state index in [0.717, 1.165) is 50.8 Å². The molecule has 1 aliphatic carbocycles. The van der Waals surface area contributed by atoms with E-state index < -0.39 is 0 Å². The SMILES string of the molecule is COCCN(C(C)=O)C1CCN([C@@H]2CCC[C@@H](NC(=O)c3cc4c(F)ccc(C)c4[nH]3)C2)C1. The van der Waals surface area contributed by atoms with Gasteiger partial charge in [0.15, 0.2) is 0 Å². The van der Waals surface area contributed by atoms with E-state index in [-0.39, 0.29) is 29.7 Å². The fourth-order valence-corrected chi connectivity index (χ4v) is 5.48. The van der Waals surface area contributed by atoms with Gasteiger partial charge >= 0.3 is 0 Å². The Labute approximate surface area is 194 Å². The number of aromatic amines is 1. The average molecular weight is 459 g/mol. The van der Waals surface area contributed by atoms with Crippen molar-refractivity contribution in [2.24, 2.45) is 0 Å². The van der Waals surface area contributed by atoms with Gasteiger partial charge in [-0.05, 0) is 56.7 Å². The number of fused-ring (bicyclic) bond motifs is 1. The van der Waals surface area contributed by atoms with E-state index in [9.17, 15) is 14.0 Å². The maximum atomic E-state index is 14.1. The predicted octanol–water partition coefficient (Wildman–Crippen LogP) is 3.23. The molecule has 1 aliphatic heterocycles. The van der Waals surface area contributed by atoms with Crippen LogP contribution in [0.3, 0.4) is 0 Å². The molecule has 0 spiro atoms. The van der Waals surface area contributed by atoms with Crippen LogP contribution in [0, 0.1) is 12.7 Å². The van der Waals surface area contributed by atoms with Gasteiger partial charge in [0.25, 0.3) is 5.91 Å². The first-order valence-corrected chi connectivity index (χ1v) is 12.0. The monoisotopic (exact) mass is 458 g/mol. The Morgan fingerprint density at radius 1 is 1.30 bits per heavy atom. The number of carbonyl (C=O) groups excluding carboxylic acids is 2. The molecular weight excluding hydrogens is 423 g/mol. The lowest BCUT2D eigenvalue weighted by Crippen LogP contribution is -2.47. The number of benzene rings is 1. The van der Waals surface area contributed by atoms with Crippen LogP contribution in [-0.4, -0.2) is 78.1 Å². The summed E-state index contributed by atoms with van der Waals surface area (Å²) in [5.74, 6) is -0.410. The highest BCUT2D eigenvalue weighted by atomic mass is 19.1. The van der Waals surface area contributed by atoms with Crippen LogP contribution < -0.4 is 5.32 Å². The fraction of sp³-hybridized carbons (Fsp3) is 0.600. The quantitative estimate of drug-likeness (QED) is 0.668. The first-order valence-electron chi connectivity index (χ1n) is 12.0. The largest absolute Gasteiger partial charge is 0.383 e. The van der Waals surface area contributed by atoms with Gasteiger partial charge in [0.2, 0.25) is 5.91 Å². The zero-order chi connectivity index (χ0) is 23.5. The minimum atomic E-state index is -0.322. The number of hydrogen-bond acceptors (Lipinski definition) is 4. The van der Waals surface area contributed by atoms with Gasteiger partial charge in [-0.25, -0.2) is 4.39 Å². The van der Waals surface area contributed by atoms with E-state index in [1.165, 1.54) is 6.07 Å². The molecule has 2 N–H and O–H groups in total. The minimum Gasteiger partial charge on any atom is -0.383 e. The third-order valence-electron chi connectivity index (χ3n) is 7.27. The molecule has 1 aromatic carbocycles. The number of halogens is 1. The molecule has 1 saturated heterocycles. The Morgan fingerprint density at radius 3 is 2.85 bits per heavy atom. The lowest BCUT2D eigenvalue weighted by Gasteiger charge is -2.36. The van der Waals surface area contributed by atoms with E-state index >= 15 is 0 Å². The molecule has 2 aromatic rings. The Morgan fingerprint density at radius 2 is 2.12 bits per heavy atom. The number of nitrogens with zero attached hydrogens (tertiary/aromatic N) is 2. The Kier molecular flexibility index (Phi) is 7.34. The lowest BCUT2D eigenvalue weighted by molar-refractivity contribution is -0.131. The normalized spacial score (nSPS) is 23.7. The Bertz CT molecular complexity index is 968. The van der Waals surface area contributed by atoms with Crippen molar-refractivity contribution >= 4 is 22.7 Å². The van der Waals surface area contributed by atoms with Crippen LogP contribution in [0.4, 0.5) is 4.39 Å². The van der Waals surface area contributed by atoms with E-state index in [2.05, 4.69) is 15.2 Å². The molecule has 33 heavy (non-hydrogen) atoms. The van der Waals surface area contributed by atoms with Crippen LogP contribution in [0.25, 0.3) is 10.9 Å². The summed E-state index contributed by atoms with van der Waals surface area (Å²) in [7, 11) is 1.66. The van der Waals surface area contributed by atoms with E-state index in [1.54, 1.807) is 26.2 Å². The van der Waals surface area contributed by atoms with Gasteiger partial charge in [0.1, 0.15) is 11.5 Å². The molecule has 2 heterocycles. The molecule has 1 saturated carbocycles. The molecule has 1 aromatic heterocycles. The second kappa shape index (κ2) is 10.2. The molecule has 0 radical (unpaired) electrons. The first-order chi connectivity index (χ1) is 15.9. The van der Waals surface area contributed by atoms with Crippen LogP contribution in [0.2, 0.25) is 0 Å². The average Bonchev–Trinajstić information content (AvgIpc) is 3.45. The Balaban J connectivity index is 1.36. The number of H-pyrrole nitrogens is 1. The van der Waals surface area contributed by atoms with E-state index in [0.29, 0.717) is 35.8 Å². The fourth-order valence-electron chi connectivity index (χ4n) is 5.48. The summed E-state index contributed by atoms with van der Waals surface area (Å²) in [5.41, 5.74) is 1.99.